The van der Waals surface area contributed by atoms with Crippen molar-refractivity contribution in [3.8, 4) is 11.4 Å². The number of nitrogens with one attached hydrogen (secondary N) is 1. The molecule has 4 aromatic rings. The molecule has 0 saturated carbocycles. The van der Waals surface area contributed by atoms with E-state index in [2.05, 4.69) is 15.5 Å². The molecule has 1 N–H and O–H groups in total. The van der Waals surface area contributed by atoms with E-state index in [-0.39, 0.29) is 18.1 Å². The molecule has 0 bridgehead atoms. The van der Waals surface area contributed by atoms with Gasteiger partial charge < -0.3 is 10.1 Å². The second-order valence-electron chi connectivity index (χ2n) is 7.19. The van der Waals surface area contributed by atoms with Gasteiger partial charge in [-0.05, 0) is 42.0 Å². The molecule has 1 aromatic heterocycles. The summed E-state index contributed by atoms with van der Waals surface area (Å²) in [5.74, 6) is 1.58. The predicted octanol–water partition coefficient (Wildman–Crippen LogP) is 4.41. The molecule has 0 saturated heterocycles. The molecule has 0 unspecified atom stereocenters. The lowest BCUT2D eigenvalue weighted by molar-refractivity contribution is -0.384. The van der Waals surface area contributed by atoms with E-state index in [9.17, 15) is 14.9 Å². The van der Waals surface area contributed by atoms with E-state index < -0.39 is 4.92 Å². The van der Waals surface area contributed by atoms with Crippen molar-refractivity contribution in [2.45, 2.75) is 17.5 Å². The number of thioether (sulfide) groups is 1. The topological polar surface area (TPSA) is 112 Å². The van der Waals surface area contributed by atoms with Gasteiger partial charge in [-0.25, -0.2) is 0 Å². The molecule has 0 atom stereocenters. The Hall–Kier alpha value is -4.18. The van der Waals surface area contributed by atoms with Gasteiger partial charge in [0.15, 0.2) is 11.0 Å². The fraction of sp³-hybridized carbons (Fsp3) is 0.125. The Morgan fingerprint density at radius 3 is 2.38 bits per heavy atom. The second kappa shape index (κ2) is 10.6. The normalized spacial score (nSPS) is 10.6. The smallest absolute Gasteiger partial charge is 0.269 e. The van der Waals surface area contributed by atoms with Crippen LogP contribution < -0.4 is 10.1 Å². The summed E-state index contributed by atoms with van der Waals surface area (Å²) in [4.78, 5) is 23.0. The lowest BCUT2D eigenvalue weighted by Crippen LogP contribution is -2.24. The number of ether oxygens (including phenoxy) is 1. The van der Waals surface area contributed by atoms with Gasteiger partial charge in [0.05, 0.1) is 18.6 Å². The summed E-state index contributed by atoms with van der Waals surface area (Å²) in [6, 6.07) is 22.9. The van der Waals surface area contributed by atoms with Crippen LogP contribution in [0.25, 0.3) is 5.69 Å². The highest BCUT2D eigenvalue weighted by Gasteiger charge is 2.16. The number of benzene rings is 3. The Balaban J connectivity index is 1.51. The third kappa shape index (κ3) is 5.41. The van der Waals surface area contributed by atoms with Gasteiger partial charge in [-0.2, -0.15) is 0 Å². The highest BCUT2D eigenvalue weighted by atomic mass is 32.2. The summed E-state index contributed by atoms with van der Waals surface area (Å²) >= 11 is 1.46. The summed E-state index contributed by atoms with van der Waals surface area (Å²) in [6.07, 6.45) is 0. The number of hydrogen-bond acceptors (Lipinski definition) is 7. The number of hydrogen-bond donors (Lipinski definition) is 1. The predicted molar refractivity (Wildman–Crippen MR) is 128 cm³/mol. The number of non-ortho nitro benzene ring substituents is 1. The van der Waals surface area contributed by atoms with Crippen molar-refractivity contribution in [3.63, 3.8) is 0 Å². The van der Waals surface area contributed by atoms with Crippen molar-refractivity contribution < 1.29 is 14.5 Å². The lowest BCUT2D eigenvalue weighted by Gasteiger charge is -2.11. The first-order chi connectivity index (χ1) is 16.5. The van der Waals surface area contributed by atoms with Crippen molar-refractivity contribution >= 4 is 23.4 Å². The third-order valence-corrected chi connectivity index (χ3v) is 5.99. The zero-order valence-electron chi connectivity index (χ0n) is 18.2. The number of nitro groups is 1. The van der Waals surface area contributed by atoms with Crippen molar-refractivity contribution in [2.24, 2.45) is 0 Å². The maximum Gasteiger partial charge on any atom is 0.269 e. The van der Waals surface area contributed by atoms with Crippen LogP contribution in [-0.4, -0.2) is 32.7 Å². The van der Waals surface area contributed by atoms with Gasteiger partial charge in [0.1, 0.15) is 5.75 Å². The average molecular weight is 476 g/mol. The van der Waals surface area contributed by atoms with Gasteiger partial charge in [-0.3, -0.25) is 19.5 Å². The van der Waals surface area contributed by atoms with Crippen LogP contribution in [0.5, 0.6) is 5.75 Å². The molecule has 0 fully saturated rings. The summed E-state index contributed by atoms with van der Waals surface area (Å²) < 4.78 is 7.02. The largest absolute Gasteiger partial charge is 0.497 e. The van der Waals surface area contributed by atoms with Crippen LogP contribution in [0, 0.1) is 10.1 Å². The molecular weight excluding hydrogens is 454 g/mol. The molecule has 0 spiro atoms. The number of nitrogens with zero attached hydrogens (tertiary/aromatic N) is 4. The fourth-order valence-corrected chi connectivity index (χ4v) is 4.14. The SMILES string of the molecule is COc1ccc(C(=O)NCc2nnc(SCc3ccc([N+](=O)[O-])cc3)n2-c2ccccc2)cc1. The zero-order valence-corrected chi connectivity index (χ0v) is 19.1. The Bertz CT molecular complexity index is 1280. The first kappa shape index (κ1) is 23.0. The summed E-state index contributed by atoms with van der Waals surface area (Å²) in [5, 5.41) is 23.0. The van der Waals surface area contributed by atoms with Gasteiger partial charge >= 0.3 is 0 Å². The monoisotopic (exact) mass is 475 g/mol. The van der Waals surface area contributed by atoms with Gasteiger partial charge in [0, 0.05) is 29.1 Å². The van der Waals surface area contributed by atoms with E-state index in [0.29, 0.717) is 28.0 Å². The van der Waals surface area contributed by atoms with Crippen LogP contribution in [0.1, 0.15) is 21.7 Å². The van der Waals surface area contributed by atoms with Crippen molar-refractivity contribution in [2.75, 3.05) is 7.11 Å². The molecule has 9 nitrogen and oxygen atoms in total. The summed E-state index contributed by atoms with van der Waals surface area (Å²) in [5.41, 5.74) is 2.36. The maximum atomic E-state index is 12.6. The van der Waals surface area contributed by atoms with Crippen molar-refractivity contribution in [1.82, 2.24) is 20.1 Å². The van der Waals surface area contributed by atoms with E-state index in [4.69, 9.17) is 4.74 Å². The number of para-hydroxylation sites is 1. The Morgan fingerprint density at radius 2 is 1.74 bits per heavy atom. The van der Waals surface area contributed by atoms with Crippen LogP contribution in [0.2, 0.25) is 0 Å². The molecule has 34 heavy (non-hydrogen) atoms. The first-order valence-electron chi connectivity index (χ1n) is 10.3. The zero-order chi connectivity index (χ0) is 23.9. The third-order valence-electron chi connectivity index (χ3n) is 4.99. The maximum absolute atomic E-state index is 12.6. The molecule has 0 radical (unpaired) electrons. The molecular formula is C24H21N5O4S. The number of carbonyl (C=O) groups excluding carboxylic acids is 1. The second-order valence-corrected chi connectivity index (χ2v) is 8.14. The van der Waals surface area contributed by atoms with Crippen molar-refractivity contribution in [1.29, 1.82) is 0 Å². The van der Waals surface area contributed by atoms with E-state index in [1.165, 1.54) is 23.9 Å². The van der Waals surface area contributed by atoms with Crippen LogP contribution in [0.3, 0.4) is 0 Å². The number of amides is 1. The molecule has 172 valence electrons. The lowest BCUT2D eigenvalue weighted by atomic mass is 10.2. The van der Waals surface area contributed by atoms with Gasteiger partial charge in [0.2, 0.25) is 0 Å². The molecule has 4 rings (SSSR count). The van der Waals surface area contributed by atoms with Gasteiger partial charge in [0.25, 0.3) is 11.6 Å². The van der Waals surface area contributed by atoms with Crippen LogP contribution >= 0.6 is 11.8 Å². The van der Waals surface area contributed by atoms with Crippen LogP contribution in [-0.2, 0) is 12.3 Å². The molecule has 0 aliphatic heterocycles. The number of carbonyl (C=O) groups is 1. The summed E-state index contributed by atoms with van der Waals surface area (Å²) in [7, 11) is 1.57. The van der Waals surface area contributed by atoms with Gasteiger partial charge in [-0.1, -0.05) is 42.1 Å². The standard InChI is InChI=1S/C24H21N5O4S/c1-33-21-13-9-18(10-14-21)23(30)25-15-22-26-27-24(28(22)19-5-3-2-4-6-19)34-16-17-7-11-20(12-8-17)29(31)32/h2-14H,15-16H2,1H3,(H,25,30). The first-order valence-corrected chi connectivity index (χ1v) is 11.3. The van der Waals surface area contributed by atoms with E-state index in [1.807, 2.05) is 34.9 Å². The minimum atomic E-state index is -0.421. The molecule has 1 heterocycles. The number of rotatable bonds is 9. The average Bonchev–Trinajstić information content (AvgIpc) is 3.29. The Morgan fingerprint density at radius 1 is 1.03 bits per heavy atom. The van der Waals surface area contributed by atoms with Crippen molar-refractivity contribution in [3.05, 3.63) is 106 Å². The van der Waals surface area contributed by atoms with Gasteiger partial charge in [-0.15, -0.1) is 10.2 Å². The summed E-state index contributed by atoms with van der Waals surface area (Å²) in [6.45, 7) is 0.185. The number of aromatic nitrogens is 3. The van der Waals surface area contributed by atoms with E-state index in [0.717, 1.165) is 11.3 Å². The molecule has 0 aliphatic rings. The highest BCUT2D eigenvalue weighted by molar-refractivity contribution is 7.98. The minimum Gasteiger partial charge on any atom is -0.497 e. The molecule has 1 amide bonds. The van der Waals surface area contributed by atoms with Crippen LogP contribution in [0.15, 0.2) is 84.0 Å². The quantitative estimate of drug-likeness (QED) is 0.217. The Kier molecular flexibility index (Phi) is 7.19. The Labute approximate surface area is 199 Å². The molecule has 10 heteroatoms. The number of nitro benzene ring substituents is 1. The number of methoxy groups -OCH3 is 1. The highest BCUT2D eigenvalue weighted by Crippen LogP contribution is 2.26. The van der Waals surface area contributed by atoms with Crippen LogP contribution in [0.4, 0.5) is 5.69 Å². The minimum absolute atomic E-state index is 0.0519. The molecule has 0 aliphatic carbocycles. The van der Waals surface area contributed by atoms with E-state index in [1.54, 1.807) is 43.5 Å². The molecule has 3 aromatic carbocycles. The fourth-order valence-electron chi connectivity index (χ4n) is 3.21. The van der Waals surface area contributed by atoms with E-state index >= 15 is 0 Å².